The highest BCUT2D eigenvalue weighted by Gasteiger charge is 2.47. The Morgan fingerprint density at radius 2 is 1.79 bits per heavy atom. The molecular weight excluding hydrogens is 448 g/mol. The molecule has 0 aliphatic carbocycles. The Hall–Kier alpha value is -2.31. The molecule has 0 amide bonds. The molecule has 2 N–H and O–H groups in total. The summed E-state index contributed by atoms with van der Waals surface area (Å²) < 4.78 is 6.05. The van der Waals surface area contributed by atoms with Crippen LogP contribution in [0.3, 0.4) is 0 Å². The van der Waals surface area contributed by atoms with Crippen LogP contribution < -0.4 is 0 Å². The molecule has 0 aromatic heterocycles. The van der Waals surface area contributed by atoms with Crippen LogP contribution in [0.4, 0.5) is 0 Å². The summed E-state index contributed by atoms with van der Waals surface area (Å²) in [6, 6.07) is 10.9. The third-order valence-electron chi connectivity index (χ3n) is 6.49. The lowest BCUT2D eigenvalue weighted by atomic mass is 9.83. The third kappa shape index (κ3) is 6.02. The van der Waals surface area contributed by atoms with Gasteiger partial charge in [0.15, 0.2) is 11.0 Å². The second kappa shape index (κ2) is 10.5. The van der Waals surface area contributed by atoms with Gasteiger partial charge in [0.1, 0.15) is 11.4 Å². The smallest absolute Gasteiger partial charge is 0.327 e. The van der Waals surface area contributed by atoms with Crippen LogP contribution in [0.15, 0.2) is 41.3 Å². The highest BCUT2D eigenvalue weighted by atomic mass is 32.2. The maximum absolute atomic E-state index is 13.3. The number of carbonyl (C=O) groups excluding carboxylic acids is 2. The number of ether oxygens (including phenoxy) is 1. The molecule has 34 heavy (non-hydrogen) atoms. The predicted molar refractivity (Wildman–Crippen MR) is 135 cm³/mol. The molecule has 0 radical (unpaired) electrons. The molecule has 2 aromatic carbocycles. The van der Waals surface area contributed by atoms with Crippen LogP contribution in [0.5, 0.6) is 5.75 Å². The van der Waals surface area contributed by atoms with Crippen molar-refractivity contribution >= 4 is 23.5 Å². The van der Waals surface area contributed by atoms with Crippen molar-refractivity contribution in [2.75, 3.05) is 0 Å². The molecular formula is C28H36O5S. The number of carbonyl (C=O) groups is 2. The lowest BCUT2D eigenvalue weighted by Crippen LogP contribution is -2.49. The number of thioether (sulfide) groups is 1. The van der Waals surface area contributed by atoms with Gasteiger partial charge in [-0.1, -0.05) is 52.3 Å². The third-order valence-corrected chi connectivity index (χ3v) is 7.78. The van der Waals surface area contributed by atoms with Gasteiger partial charge < -0.3 is 14.9 Å². The van der Waals surface area contributed by atoms with E-state index in [1.165, 1.54) is 11.8 Å². The molecule has 0 saturated carbocycles. The zero-order valence-electron chi connectivity index (χ0n) is 20.8. The van der Waals surface area contributed by atoms with Gasteiger partial charge >= 0.3 is 5.97 Å². The Morgan fingerprint density at radius 1 is 1.12 bits per heavy atom. The first-order valence-corrected chi connectivity index (χ1v) is 12.8. The van der Waals surface area contributed by atoms with Gasteiger partial charge in [0.05, 0.1) is 6.61 Å². The number of phenolic OH excluding ortho intramolecular Hbond substituents is 1. The normalized spacial score (nSPS) is 20.9. The quantitative estimate of drug-likeness (QED) is 0.373. The minimum absolute atomic E-state index is 0.0508. The van der Waals surface area contributed by atoms with Crippen molar-refractivity contribution in [1.29, 1.82) is 0 Å². The van der Waals surface area contributed by atoms with Gasteiger partial charge in [0.2, 0.25) is 0 Å². The fraction of sp³-hybridized carbons (Fsp3) is 0.500. The van der Waals surface area contributed by atoms with E-state index < -0.39 is 16.8 Å². The Balaban J connectivity index is 1.82. The summed E-state index contributed by atoms with van der Waals surface area (Å²) in [6.45, 7) is 10.2. The SMILES string of the molecule is CCCC1(CCc2ccc(O)cc2)CC(=O)C(Sc2cc(C)c(CO)cc2C(C)(C)C)C(=O)O1. The monoisotopic (exact) mass is 484 g/mol. The summed E-state index contributed by atoms with van der Waals surface area (Å²) >= 11 is 1.27. The minimum atomic E-state index is -0.890. The van der Waals surface area contributed by atoms with E-state index in [2.05, 4.69) is 20.8 Å². The maximum Gasteiger partial charge on any atom is 0.327 e. The van der Waals surface area contributed by atoms with Crippen molar-refractivity contribution in [1.82, 2.24) is 0 Å². The summed E-state index contributed by atoms with van der Waals surface area (Å²) in [5, 5.41) is 18.3. The zero-order valence-corrected chi connectivity index (χ0v) is 21.6. The van der Waals surface area contributed by atoms with Crippen LogP contribution in [0.25, 0.3) is 0 Å². The zero-order chi connectivity index (χ0) is 25.1. The summed E-state index contributed by atoms with van der Waals surface area (Å²) in [5.74, 6) is -0.351. The minimum Gasteiger partial charge on any atom is -0.508 e. The largest absolute Gasteiger partial charge is 0.508 e. The molecule has 184 valence electrons. The first-order chi connectivity index (χ1) is 16.0. The fourth-order valence-corrected chi connectivity index (χ4v) is 5.91. The number of aromatic hydroxyl groups is 1. The van der Waals surface area contributed by atoms with Crippen LogP contribution in [-0.2, 0) is 32.8 Å². The van der Waals surface area contributed by atoms with E-state index in [1.807, 2.05) is 38.1 Å². The number of ketones is 1. The first-order valence-electron chi connectivity index (χ1n) is 11.9. The molecule has 2 unspecified atom stereocenters. The van der Waals surface area contributed by atoms with Gasteiger partial charge in [-0.05, 0) is 72.1 Å². The van der Waals surface area contributed by atoms with Crippen molar-refractivity contribution < 1.29 is 24.5 Å². The lowest BCUT2D eigenvalue weighted by molar-refractivity contribution is -0.171. The van der Waals surface area contributed by atoms with Gasteiger partial charge in [-0.25, -0.2) is 0 Å². The molecule has 1 heterocycles. The summed E-state index contributed by atoms with van der Waals surface area (Å²) in [5.41, 5.74) is 2.82. The fourth-order valence-electron chi connectivity index (χ4n) is 4.56. The number of phenols is 1. The number of aliphatic hydroxyl groups excluding tert-OH is 1. The standard InChI is InChI=1S/C28H36O5S/c1-6-12-28(13-11-19-7-9-21(30)10-8-19)16-23(31)25(26(32)33-28)34-24-14-18(2)20(17-29)15-22(24)27(3,4)5/h7-10,14-15,25,29-30H,6,11-13,16-17H2,1-5H3. The van der Waals surface area contributed by atoms with E-state index in [4.69, 9.17) is 4.74 Å². The average molecular weight is 485 g/mol. The van der Waals surface area contributed by atoms with E-state index in [-0.39, 0.29) is 30.0 Å². The molecule has 1 aliphatic rings. The molecule has 2 aromatic rings. The molecule has 5 nitrogen and oxygen atoms in total. The van der Waals surface area contributed by atoms with Crippen LogP contribution in [-0.4, -0.2) is 32.8 Å². The number of Topliss-reactive ketones (excluding diaryl/α,β-unsaturated/α-hetero) is 1. The molecule has 1 fully saturated rings. The molecule has 1 aliphatic heterocycles. The summed E-state index contributed by atoms with van der Waals surface area (Å²) in [4.78, 5) is 27.4. The Morgan fingerprint density at radius 3 is 2.35 bits per heavy atom. The number of benzene rings is 2. The van der Waals surface area contributed by atoms with E-state index >= 15 is 0 Å². The van der Waals surface area contributed by atoms with E-state index in [0.717, 1.165) is 33.6 Å². The number of esters is 1. The second-order valence-corrected chi connectivity index (χ2v) is 11.5. The van der Waals surface area contributed by atoms with Crippen LogP contribution in [0.1, 0.15) is 75.6 Å². The molecule has 3 rings (SSSR count). The Labute approximate surface area is 206 Å². The Kier molecular flexibility index (Phi) is 8.14. The van der Waals surface area contributed by atoms with E-state index in [9.17, 15) is 19.8 Å². The highest BCUT2D eigenvalue weighted by Crippen LogP contribution is 2.42. The number of aliphatic hydroxyl groups is 1. The lowest BCUT2D eigenvalue weighted by Gasteiger charge is -2.39. The van der Waals surface area contributed by atoms with Crippen molar-refractivity contribution in [2.45, 2.75) is 94.5 Å². The van der Waals surface area contributed by atoms with Crippen molar-refractivity contribution in [3.8, 4) is 5.75 Å². The van der Waals surface area contributed by atoms with Gasteiger partial charge in [0, 0.05) is 11.3 Å². The van der Waals surface area contributed by atoms with E-state index in [0.29, 0.717) is 19.3 Å². The van der Waals surface area contributed by atoms with Crippen molar-refractivity contribution in [3.63, 3.8) is 0 Å². The van der Waals surface area contributed by atoms with Gasteiger partial charge in [-0.2, -0.15) is 0 Å². The molecule has 2 atom stereocenters. The van der Waals surface area contributed by atoms with Gasteiger partial charge in [-0.15, -0.1) is 11.8 Å². The highest BCUT2D eigenvalue weighted by molar-refractivity contribution is 8.01. The first kappa shape index (κ1) is 26.3. The summed E-state index contributed by atoms with van der Waals surface area (Å²) in [7, 11) is 0. The Bertz CT molecular complexity index is 1020. The van der Waals surface area contributed by atoms with Crippen LogP contribution in [0.2, 0.25) is 0 Å². The molecule has 0 spiro atoms. The molecule has 0 bridgehead atoms. The number of hydrogen-bond acceptors (Lipinski definition) is 6. The topological polar surface area (TPSA) is 83.8 Å². The maximum atomic E-state index is 13.3. The average Bonchev–Trinajstić information content (AvgIpc) is 2.75. The van der Waals surface area contributed by atoms with Crippen LogP contribution >= 0.6 is 11.8 Å². The second-order valence-electron chi connectivity index (χ2n) is 10.3. The number of cyclic esters (lactones) is 1. The molecule has 6 heteroatoms. The molecule has 1 saturated heterocycles. The van der Waals surface area contributed by atoms with Gasteiger partial charge in [0.25, 0.3) is 0 Å². The van der Waals surface area contributed by atoms with E-state index in [1.54, 1.807) is 12.1 Å². The predicted octanol–water partition coefficient (Wildman–Crippen LogP) is 5.64. The summed E-state index contributed by atoms with van der Waals surface area (Å²) in [6.07, 6.45) is 2.88. The number of rotatable bonds is 8. The van der Waals surface area contributed by atoms with Crippen LogP contribution in [0, 0.1) is 6.92 Å². The van der Waals surface area contributed by atoms with Crippen molar-refractivity contribution in [3.05, 3.63) is 58.7 Å². The number of aryl methyl sites for hydroxylation is 2. The van der Waals surface area contributed by atoms with Gasteiger partial charge in [-0.3, -0.25) is 9.59 Å². The number of hydrogen-bond donors (Lipinski definition) is 2. The van der Waals surface area contributed by atoms with Crippen molar-refractivity contribution in [2.24, 2.45) is 0 Å².